The first kappa shape index (κ1) is 13.2. The molecule has 1 aliphatic heterocycles. The zero-order valence-electron chi connectivity index (χ0n) is 11.3. The van der Waals surface area contributed by atoms with Gasteiger partial charge >= 0.3 is 0 Å². The molecule has 0 bridgehead atoms. The molecule has 0 aliphatic carbocycles. The first-order valence-corrected chi connectivity index (χ1v) is 6.16. The van der Waals surface area contributed by atoms with Crippen LogP contribution in [0, 0.1) is 13.8 Å². The molecule has 4 nitrogen and oxygen atoms in total. The highest BCUT2D eigenvalue weighted by molar-refractivity contribution is 5.58. The SMILES string of the molecule is Cc1c(C)c2c(c(COO)c1O)CCC(C)(C)O2. The van der Waals surface area contributed by atoms with Gasteiger partial charge in [0.1, 0.15) is 23.7 Å². The molecule has 4 heteroatoms. The summed E-state index contributed by atoms with van der Waals surface area (Å²) in [6, 6.07) is 0. The molecule has 100 valence electrons. The van der Waals surface area contributed by atoms with Crippen molar-refractivity contribution in [1.29, 1.82) is 0 Å². The summed E-state index contributed by atoms with van der Waals surface area (Å²) < 4.78 is 6.02. The van der Waals surface area contributed by atoms with Gasteiger partial charge in [0.25, 0.3) is 0 Å². The van der Waals surface area contributed by atoms with Gasteiger partial charge in [-0.15, -0.1) is 0 Å². The van der Waals surface area contributed by atoms with Crippen molar-refractivity contribution in [3.05, 3.63) is 22.3 Å². The van der Waals surface area contributed by atoms with E-state index in [0.29, 0.717) is 5.56 Å². The summed E-state index contributed by atoms with van der Waals surface area (Å²) in [5, 5.41) is 18.8. The molecule has 1 aliphatic rings. The van der Waals surface area contributed by atoms with E-state index in [1.807, 2.05) is 13.8 Å². The standard InChI is InChI=1S/C14H20O4/c1-8-9(2)13-10(5-6-14(3,4)18-13)11(7-17-16)12(8)15/h15-16H,5-7H2,1-4H3. The lowest BCUT2D eigenvalue weighted by Crippen LogP contribution is -2.33. The summed E-state index contributed by atoms with van der Waals surface area (Å²) in [5.41, 5.74) is 3.11. The fourth-order valence-electron chi connectivity index (χ4n) is 2.46. The minimum Gasteiger partial charge on any atom is -0.507 e. The molecular formula is C14H20O4. The molecule has 0 fully saturated rings. The summed E-state index contributed by atoms with van der Waals surface area (Å²) in [7, 11) is 0. The zero-order chi connectivity index (χ0) is 13.5. The van der Waals surface area contributed by atoms with Crippen LogP contribution in [0.4, 0.5) is 0 Å². The van der Waals surface area contributed by atoms with Gasteiger partial charge in [-0.05, 0) is 51.7 Å². The molecule has 0 saturated heterocycles. The van der Waals surface area contributed by atoms with Crippen molar-refractivity contribution in [2.24, 2.45) is 0 Å². The van der Waals surface area contributed by atoms with Gasteiger partial charge in [0.05, 0.1) is 0 Å². The van der Waals surface area contributed by atoms with Gasteiger partial charge in [0.15, 0.2) is 0 Å². The van der Waals surface area contributed by atoms with E-state index in [1.165, 1.54) is 0 Å². The average Bonchev–Trinajstić information content (AvgIpc) is 2.31. The van der Waals surface area contributed by atoms with Gasteiger partial charge in [0, 0.05) is 11.1 Å². The Bertz CT molecular complexity index is 477. The summed E-state index contributed by atoms with van der Waals surface area (Å²) in [4.78, 5) is 4.21. The number of phenolic OH excluding ortho intramolecular Hbond substituents is 1. The second kappa shape index (κ2) is 4.44. The maximum Gasteiger partial charge on any atom is 0.127 e. The minimum absolute atomic E-state index is 0.0148. The van der Waals surface area contributed by atoms with Gasteiger partial charge in [-0.25, -0.2) is 4.89 Å². The van der Waals surface area contributed by atoms with Crippen LogP contribution in [-0.4, -0.2) is 16.0 Å². The second-order valence-electron chi connectivity index (χ2n) is 5.52. The van der Waals surface area contributed by atoms with Crippen molar-refractivity contribution < 1.29 is 20.0 Å². The van der Waals surface area contributed by atoms with Crippen LogP contribution >= 0.6 is 0 Å². The van der Waals surface area contributed by atoms with Gasteiger partial charge in [-0.3, -0.25) is 5.26 Å². The Hall–Kier alpha value is -1.26. The van der Waals surface area contributed by atoms with Crippen molar-refractivity contribution in [3.8, 4) is 11.5 Å². The number of benzene rings is 1. The predicted octanol–water partition coefficient (Wildman–Crippen LogP) is 3.10. The average molecular weight is 252 g/mol. The summed E-state index contributed by atoms with van der Waals surface area (Å²) in [6.45, 7) is 7.88. The fraction of sp³-hybridized carbons (Fsp3) is 0.571. The third-order valence-corrected chi connectivity index (χ3v) is 3.75. The molecular weight excluding hydrogens is 232 g/mol. The summed E-state index contributed by atoms with van der Waals surface area (Å²) in [6.07, 6.45) is 1.69. The maximum absolute atomic E-state index is 10.1. The predicted molar refractivity (Wildman–Crippen MR) is 68.0 cm³/mol. The summed E-state index contributed by atoms with van der Waals surface area (Å²) >= 11 is 0. The smallest absolute Gasteiger partial charge is 0.127 e. The Morgan fingerprint density at radius 2 is 1.94 bits per heavy atom. The van der Waals surface area contributed by atoms with Crippen LogP contribution in [0.2, 0.25) is 0 Å². The van der Waals surface area contributed by atoms with Crippen molar-refractivity contribution >= 4 is 0 Å². The van der Waals surface area contributed by atoms with Gasteiger partial charge in [0.2, 0.25) is 0 Å². The topological polar surface area (TPSA) is 58.9 Å². The molecule has 0 unspecified atom stereocenters. The van der Waals surface area contributed by atoms with Crippen LogP contribution in [0.5, 0.6) is 11.5 Å². The van der Waals surface area contributed by atoms with E-state index < -0.39 is 0 Å². The van der Waals surface area contributed by atoms with Gasteiger partial charge < -0.3 is 9.84 Å². The number of ether oxygens (including phenoxy) is 1. The number of fused-ring (bicyclic) bond motifs is 1. The first-order chi connectivity index (χ1) is 8.37. The lowest BCUT2D eigenvalue weighted by atomic mass is 9.88. The quantitative estimate of drug-likeness (QED) is 0.627. The number of phenols is 1. The molecule has 0 aromatic heterocycles. The highest BCUT2D eigenvalue weighted by atomic mass is 17.1. The van der Waals surface area contributed by atoms with Crippen molar-refractivity contribution in [3.63, 3.8) is 0 Å². The van der Waals surface area contributed by atoms with Gasteiger partial charge in [-0.1, -0.05) is 0 Å². The Morgan fingerprint density at radius 3 is 2.56 bits per heavy atom. The molecule has 0 amide bonds. The molecule has 0 spiro atoms. The van der Waals surface area contributed by atoms with Crippen LogP contribution in [0.1, 0.15) is 42.5 Å². The largest absolute Gasteiger partial charge is 0.507 e. The Kier molecular flexibility index (Phi) is 3.25. The molecule has 1 aromatic carbocycles. The highest BCUT2D eigenvalue weighted by Gasteiger charge is 2.31. The molecule has 18 heavy (non-hydrogen) atoms. The lowest BCUT2D eigenvalue weighted by molar-refractivity contribution is -0.253. The Balaban J connectivity index is 2.62. The monoisotopic (exact) mass is 252 g/mol. The van der Waals surface area contributed by atoms with E-state index in [9.17, 15) is 5.11 Å². The van der Waals surface area contributed by atoms with E-state index in [1.54, 1.807) is 0 Å². The molecule has 1 heterocycles. The molecule has 0 saturated carbocycles. The number of rotatable bonds is 2. The van der Waals surface area contributed by atoms with Crippen molar-refractivity contribution in [2.75, 3.05) is 0 Å². The van der Waals surface area contributed by atoms with E-state index in [-0.39, 0.29) is 18.0 Å². The first-order valence-electron chi connectivity index (χ1n) is 6.16. The third kappa shape index (κ3) is 2.06. The Labute approximate surface area is 107 Å². The lowest BCUT2D eigenvalue weighted by Gasteiger charge is -2.35. The minimum atomic E-state index is -0.196. The third-order valence-electron chi connectivity index (χ3n) is 3.75. The van der Waals surface area contributed by atoms with Crippen LogP contribution in [0.15, 0.2) is 0 Å². The molecule has 2 rings (SSSR count). The molecule has 0 atom stereocenters. The Morgan fingerprint density at radius 1 is 1.28 bits per heavy atom. The van der Waals surface area contributed by atoms with E-state index >= 15 is 0 Å². The molecule has 1 aromatic rings. The highest BCUT2D eigenvalue weighted by Crippen LogP contribution is 2.43. The van der Waals surface area contributed by atoms with E-state index in [0.717, 1.165) is 35.3 Å². The van der Waals surface area contributed by atoms with E-state index in [4.69, 9.17) is 9.99 Å². The fourth-order valence-corrected chi connectivity index (χ4v) is 2.46. The second-order valence-corrected chi connectivity index (χ2v) is 5.52. The molecule has 0 radical (unpaired) electrons. The zero-order valence-corrected chi connectivity index (χ0v) is 11.3. The van der Waals surface area contributed by atoms with Gasteiger partial charge in [-0.2, -0.15) is 0 Å². The number of hydrogen-bond acceptors (Lipinski definition) is 4. The van der Waals surface area contributed by atoms with Crippen LogP contribution < -0.4 is 4.74 Å². The number of hydrogen-bond donors (Lipinski definition) is 2. The maximum atomic E-state index is 10.1. The normalized spacial score (nSPS) is 17.2. The summed E-state index contributed by atoms with van der Waals surface area (Å²) in [5.74, 6) is 1.03. The molecule has 2 N–H and O–H groups in total. The van der Waals surface area contributed by atoms with Crippen molar-refractivity contribution in [2.45, 2.75) is 52.7 Å². The van der Waals surface area contributed by atoms with Crippen LogP contribution in [0.3, 0.4) is 0 Å². The number of aromatic hydroxyl groups is 1. The van der Waals surface area contributed by atoms with E-state index in [2.05, 4.69) is 18.7 Å². The van der Waals surface area contributed by atoms with Crippen molar-refractivity contribution in [1.82, 2.24) is 0 Å². The van der Waals surface area contributed by atoms with Crippen LogP contribution in [-0.2, 0) is 17.9 Å². The van der Waals surface area contributed by atoms with Crippen LogP contribution in [0.25, 0.3) is 0 Å².